The lowest BCUT2D eigenvalue weighted by atomic mass is 10.1. The van der Waals surface area contributed by atoms with Crippen LogP contribution in [0.5, 0.6) is 11.5 Å². The number of carbonyl (C=O) groups excluding carboxylic acids is 1. The average Bonchev–Trinajstić information content (AvgIpc) is 3.44. The van der Waals surface area contributed by atoms with Gasteiger partial charge in [0, 0.05) is 17.3 Å². The molecule has 2 aromatic heterocycles. The number of ether oxygens (including phenoxy) is 2. The van der Waals surface area contributed by atoms with E-state index in [1.807, 2.05) is 48.5 Å². The number of carbonyl (C=O) groups is 1. The highest BCUT2D eigenvalue weighted by molar-refractivity contribution is 7.23. The van der Waals surface area contributed by atoms with Gasteiger partial charge in [-0.1, -0.05) is 18.2 Å². The SMILES string of the molecule is COc1cccc(Nc2sc(C(=O)c3ccc(OC(F)F)cc3)c(N)c2-c2nc3ccccc3s2)c1. The van der Waals surface area contributed by atoms with Gasteiger partial charge in [-0.15, -0.1) is 22.7 Å². The van der Waals surface area contributed by atoms with Gasteiger partial charge in [0.05, 0.1) is 28.6 Å². The summed E-state index contributed by atoms with van der Waals surface area (Å²) in [5.41, 5.74) is 9.38. The monoisotopic (exact) mass is 523 g/mol. The molecule has 0 saturated carbocycles. The molecule has 0 aliphatic rings. The fraction of sp³-hybridized carbons (Fsp3) is 0.0769. The number of methoxy groups -OCH3 is 1. The molecule has 182 valence electrons. The molecule has 0 unspecified atom stereocenters. The number of rotatable bonds is 8. The summed E-state index contributed by atoms with van der Waals surface area (Å²) in [7, 11) is 1.59. The minimum atomic E-state index is -2.94. The van der Waals surface area contributed by atoms with Crippen molar-refractivity contribution in [2.24, 2.45) is 0 Å². The second-order valence-electron chi connectivity index (χ2n) is 7.62. The topological polar surface area (TPSA) is 86.5 Å². The molecular weight excluding hydrogens is 504 g/mol. The van der Waals surface area contributed by atoms with E-state index in [2.05, 4.69) is 10.1 Å². The Balaban J connectivity index is 1.58. The number of hydrogen-bond acceptors (Lipinski definition) is 8. The molecule has 0 aliphatic carbocycles. The highest BCUT2D eigenvalue weighted by Crippen LogP contribution is 2.47. The molecule has 5 aromatic rings. The Bertz CT molecular complexity index is 1520. The lowest BCUT2D eigenvalue weighted by Crippen LogP contribution is -2.04. The first kappa shape index (κ1) is 23.7. The number of hydrogen-bond donors (Lipinski definition) is 2. The van der Waals surface area contributed by atoms with Gasteiger partial charge in [0.25, 0.3) is 0 Å². The van der Waals surface area contributed by atoms with Crippen molar-refractivity contribution >= 4 is 55.0 Å². The fourth-order valence-corrected chi connectivity index (χ4v) is 5.84. The van der Waals surface area contributed by atoms with E-state index in [1.54, 1.807) is 7.11 Å². The van der Waals surface area contributed by atoms with Crippen LogP contribution in [0.1, 0.15) is 15.2 Å². The van der Waals surface area contributed by atoms with E-state index >= 15 is 0 Å². The largest absolute Gasteiger partial charge is 0.497 e. The van der Waals surface area contributed by atoms with Crippen LogP contribution in [-0.4, -0.2) is 24.5 Å². The maximum Gasteiger partial charge on any atom is 0.387 e. The van der Waals surface area contributed by atoms with Crippen LogP contribution in [0.15, 0.2) is 72.8 Å². The number of fused-ring (bicyclic) bond motifs is 1. The van der Waals surface area contributed by atoms with Gasteiger partial charge in [0.15, 0.2) is 0 Å². The first-order valence-corrected chi connectivity index (χ1v) is 12.3. The van der Waals surface area contributed by atoms with Crippen LogP contribution in [0.3, 0.4) is 0 Å². The van der Waals surface area contributed by atoms with Crippen LogP contribution in [0.4, 0.5) is 25.2 Å². The number of aromatic nitrogens is 1. The van der Waals surface area contributed by atoms with Crippen molar-refractivity contribution in [3.63, 3.8) is 0 Å². The van der Waals surface area contributed by atoms with Gasteiger partial charge in [-0.3, -0.25) is 4.79 Å². The van der Waals surface area contributed by atoms with Crippen molar-refractivity contribution in [3.05, 3.63) is 83.2 Å². The van der Waals surface area contributed by atoms with Crippen molar-refractivity contribution < 1.29 is 23.0 Å². The molecule has 0 bridgehead atoms. The van der Waals surface area contributed by atoms with Gasteiger partial charge >= 0.3 is 6.61 Å². The lowest BCUT2D eigenvalue weighted by molar-refractivity contribution is -0.0498. The van der Waals surface area contributed by atoms with Crippen LogP contribution in [0.25, 0.3) is 20.8 Å². The van der Waals surface area contributed by atoms with E-state index in [9.17, 15) is 13.6 Å². The van der Waals surface area contributed by atoms with E-state index < -0.39 is 6.61 Å². The molecule has 36 heavy (non-hydrogen) atoms. The fourth-order valence-electron chi connectivity index (χ4n) is 3.64. The predicted molar refractivity (Wildman–Crippen MR) is 140 cm³/mol. The second-order valence-corrected chi connectivity index (χ2v) is 9.68. The summed E-state index contributed by atoms with van der Waals surface area (Å²) in [6, 6.07) is 20.7. The zero-order valence-electron chi connectivity index (χ0n) is 18.8. The molecule has 0 fully saturated rings. The third-order valence-corrected chi connectivity index (χ3v) is 7.50. The van der Waals surface area contributed by atoms with Crippen molar-refractivity contribution in [1.82, 2.24) is 4.98 Å². The molecule has 0 spiro atoms. The molecule has 0 atom stereocenters. The Morgan fingerprint density at radius 3 is 2.50 bits per heavy atom. The quantitative estimate of drug-likeness (QED) is 0.209. The minimum Gasteiger partial charge on any atom is -0.497 e. The molecule has 0 saturated heterocycles. The van der Waals surface area contributed by atoms with Gasteiger partial charge in [-0.05, 0) is 48.5 Å². The number of halogens is 2. The van der Waals surface area contributed by atoms with Gasteiger partial charge in [-0.2, -0.15) is 8.78 Å². The van der Waals surface area contributed by atoms with E-state index in [0.29, 0.717) is 37.4 Å². The van der Waals surface area contributed by atoms with Gasteiger partial charge < -0.3 is 20.5 Å². The first-order chi connectivity index (χ1) is 17.4. The number of nitrogens with zero attached hydrogens (tertiary/aromatic N) is 1. The molecular formula is C26H19F2N3O3S2. The lowest BCUT2D eigenvalue weighted by Gasteiger charge is -2.08. The van der Waals surface area contributed by atoms with Gasteiger partial charge in [-0.25, -0.2) is 4.98 Å². The summed E-state index contributed by atoms with van der Waals surface area (Å²) in [5, 5.41) is 4.69. The summed E-state index contributed by atoms with van der Waals surface area (Å²) < 4.78 is 35.7. The molecule has 0 aliphatic heterocycles. The molecule has 2 heterocycles. The molecule has 5 rings (SSSR count). The number of nitrogens with two attached hydrogens (primary N) is 1. The third kappa shape index (κ3) is 4.73. The zero-order chi connectivity index (χ0) is 25.2. The number of benzene rings is 3. The van der Waals surface area contributed by atoms with Crippen molar-refractivity contribution in [3.8, 4) is 22.1 Å². The van der Waals surface area contributed by atoms with Crippen LogP contribution in [0.2, 0.25) is 0 Å². The molecule has 6 nitrogen and oxygen atoms in total. The predicted octanol–water partition coefficient (Wildman–Crippen LogP) is 7.19. The summed E-state index contributed by atoms with van der Waals surface area (Å²) in [5.74, 6) is 0.312. The van der Waals surface area contributed by atoms with Crippen molar-refractivity contribution in [2.75, 3.05) is 18.2 Å². The number of nitrogens with one attached hydrogen (secondary N) is 1. The minimum absolute atomic E-state index is 0.0313. The number of para-hydroxylation sites is 1. The van der Waals surface area contributed by atoms with Gasteiger partial charge in [0.2, 0.25) is 5.78 Å². The molecule has 3 N–H and O–H groups in total. The number of nitrogen functional groups attached to an aromatic ring is 1. The Morgan fingerprint density at radius 2 is 1.78 bits per heavy atom. The Hall–Kier alpha value is -4.02. The van der Waals surface area contributed by atoms with Crippen molar-refractivity contribution in [1.29, 1.82) is 0 Å². The number of anilines is 3. The van der Waals surface area contributed by atoms with Crippen molar-refractivity contribution in [2.45, 2.75) is 6.61 Å². The van der Waals surface area contributed by atoms with E-state index in [4.69, 9.17) is 15.5 Å². The molecule has 10 heteroatoms. The highest BCUT2D eigenvalue weighted by atomic mass is 32.1. The first-order valence-electron chi connectivity index (χ1n) is 10.7. The number of ketones is 1. The van der Waals surface area contributed by atoms with E-state index in [1.165, 1.54) is 46.9 Å². The summed E-state index contributed by atoms with van der Waals surface area (Å²) in [6.07, 6.45) is 0. The Morgan fingerprint density at radius 1 is 1.00 bits per heavy atom. The number of thiazole rings is 1. The zero-order valence-corrected chi connectivity index (χ0v) is 20.5. The van der Waals surface area contributed by atoms with Crippen LogP contribution in [0, 0.1) is 0 Å². The van der Waals surface area contributed by atoms with E-state index in [0.717, 1.165) is 15.9 Å². The second kappa shape index (κ2) is 9.92. The molecule has 3 aromatic carbocycles. The molecule has 0 radical (unpaired) electrons. The number of thiophene rings is 1. The Kier molecular flexibility index (Phi) is 6.53. The van der Waals surface area contributed by atoms with Crippen LogP contribution >= 0.6 is 22.7 Å². The summed E-state index contributed by atoms with van der Waals surface area (Å²) in [6.45, 7) is -2.94. The Labute approximate surface area is 212 Å². The average molecular weight is 524 g/mol. The van der Waals surface area contributed by atoms with E-state index in [-0.39, 0.29) is 11.5 Å². The third-order valence-electron chi connectivity index (χ3n) is 5.33. The highest BCUT2D eigenvalue weighted by Gasteiger charge is 2.25. The number of alkyl halides is 2. The maximum atomic E-state index is 13.4. The summed E-state index contributed by atoms with van der Waals surface area (Å²) >= 11 is 2.68. The van der Waals surface area contributed by atoms with Crippen LogP contribution < -0.4 is 20.5 Å². The standard InChI is InChI=1S/C26H19F2N3O3S2/c1-33-17-6-4-5-15(13-17)30-24-20(25-31-18-7-2-3-8-19(18)35-25)21(29)23(36-24)22(32)14-9-11-16(12-10-14)34-26(27)28/h2-13,26,30H,29H2,1H3. The van der Waals surface area contributed by atoms with Crippen LogP contribution in [-0.2, 0) is 0 Å². The molecule has 0 amide bonds. The normalized spacial score (nSPS) is 11.1. The van der Waals surface area contributed by atoms with Gasteiger partial charge in [0.1, 0.15) is 26.4 Å². The smallest absolute Gasteiger partial charge is 0.387 e. The summed E-state index contributed by atoms with van der Waals surface area (Å²) in [4.78, 5) is 18.5. The maximum absolute atomic E-state index is 13.4.